The van der Waals surface area contributed by atoms with E-state index in [2.05, 4.69) is 31.3 Å². The molecule has 0 fully saturated rings. The van der Waals surface area contributed by atoms with Crippen LogP contribution in [0.15, 0.2) is 24.3 Å². The van der Waals surface area contributed by atoms with Crippen LogP contribution in [0.2, 0.25) is 0 Å². The first kappa shape index (κ1) is 13.5. The Morgan fingerprint density at radius 2 is 2.12 bits per heavy atom. The molecule has 2 atom stereocenters. The summed E-state index contributed by atoms with van der Waals surface area (Å²) < 4.78 is 5.34. The van der Waals surface area contributed by atoms with Gasteiger partial charge >= 0.3 is 0 Å². The second-order valence-corrected chi connectivity index (χ2v) is 4.10. The molecule has 1 aromatic carbocycles. The Morgan fingerprint density at radius 1 is 1.41 bits per heavy atom. The maximum Gasteiger partial charge on any atom is 0.123 e. The minimum atomic E-state index is 0.185. The molecule has 1 aromatic rings. The number of hydrogen-bond donors (Lipinski definition) is 1. The third-order valence-corrected chi connectivity index (χ3v) is 2.92. The molecule has 0 aliphatic heterocycles. The summed E-state index contributed by atoms with van der Waals surface area (Å²) in [4.78, 5) is 0. The molecular weight excluding hydrogens is 212 g/mol. The van der Waals surface area contributed by atoms with Crippen LogP contribution in [0.1, 0.15) is 38.3 Å². The van der Waals surface area contributed by atoms with Gasteiger partial charge in [0.1, 0.15) is 5.75 Å². The Kier molecular flexibility index (Phi) is 5.51. The van der Waals surface area contributed by atoms with Crippen LogP contribution in [0.3, 0.4) is 0 Å². The highest BCUT2D eigenvalue weighted by molar-refractivity contribution is 5.35. The third-order valence-electron chi connectivity index (χ3n) is 2.92. The van der Waals surface area contributed by atoms with Crippen molar-refractivity contribution in [2.45, 2.75) is 38.8 Å². The maximum atomic E-state index is 8.74. The highest BCUT2D eigenvalue weighted by Crippen LogP contribution is 2.25. The van der Waals surface area contributed by atoms with Gasteiger partial charge in [-0.15, -0.1) is 0 Å². The third kappa shape index (κ3) is 3.76. The number of benzene rings is 1. The van der Waals surface area contributed by atoms with E-state index in [1.807, 2.05) is 18.2 Å². The Labute approximate surface area is 103 Å². The SMILES string of the molecule is CCC(CC#N)N[C@@H](C)c1ccccc1OC. The van der Waals surface area contributed by atoms with Crippen molar-refractivity contribution in [2.75, 3.05) is 7.11 Å². The van der Waals surface area contributed by atoms with Gasteiger partial charge in [0.05, 0.1) is 19.6 Å². The number of hydrogen-bond acceptors (Lipinski definition) is 3. The van der Waals surface area contributed by atoms with E-state index in [1.165, 1.54) is 0 Å². The molecule has 3 heteroatoms. The zero-order chi connectivity index (χ0) is 12.7. The predicted octanol–water partition coefficient (Wildman–Crippen LogP) is 3.04. The topological polar surface area (TPSA) is 45.0 Å². The van der Waals surface area contributed by atoms with Gasteiger partial charge in [0.2, 0.25) is 0 Å². The second kappa shape index (κ2) is 6.93. The first-order valence-electron chi connectivity index (χ1n) is 5.98. The van der Waals surface area contributed by atoms with E-state index in [1.54, 1.807) is 7.11 Å². The lowest BCUT2D eigenvalue weighted by atomic mass is 10.0. The summed E-state index contributed by atoms with van der Waals surface area (Å²) in [5, 5.41) is 12.2. The standard InChI is InChI=1S/C14H20N2O/c1-4-12(9-10-15)16-11(2)13-7-5-6-8-14(13)17-3/h5-8,11-12,16H,4,9H2,1-3H3/t11-,12?/m0/s1. The lowest BCUT2D eigenvalue weighted by molar-refractivity contribution is 0.391. The molecule has 0 heterocycles. The van der Waals surface area contributed by atoms with Crippen molar-refractivity contribution in [3.8, 4) is 11.8 Å². The predicted molar refractivity (Wildman–Crippen MR) is 68.9 cm³/mol. The first-order valence-corrected chi connectivity index (χ1v) is 5.98. The Balaban J connectivity index is 2.75. The summed E-state index contributed by atoms with van der Waals surface area (Å²) in [6.45, 7) is 4.18. The number of nitriles is 1. The summed E-state index contributed by atoms with van der Waals surface area (Å²) in [5.41, 5.74) is 1.13. The van der Waals surface area contributed by atoms with Crippen LogP contribution < -0.4 is 10.1 Å². The van der Waals surface area contributed by atoms with Crippen LogP contribution in [0, 0.1) is 11.3 Å². The molecule has 3 nitrogen and oxygen atoms in total. The zero-order valence-electron chi connectivity index (χ0n) is 10.7. The molecule has 1 unspecified atom stereocenters. The van der Waals surface area contributed by atoms with Gasteiger partial charge in [-0.3, -0.25) is 0 Å². The summed E-state index contributed by atoms with van der Waals surface area (Å²) in [5.74, 6) is 0.888. The van der Waals surface area contributed by atoms with E-state index in [-0.39, 0.29) is 12.1 Å². The van der Waals surface area contributed by atoms with Gasteiger partial charge in [0.15, 0.2) is 0 Å². The van der Waals surface area contributed by atoms with Crippen LogP contribution in [-0.4, -0.2) is 13.2 Å². The van der Waals surface area contributed by atoms with E-state index >= 15 is 0 Å². The molecule has 1 N–H and O–H groups in total. The maximum absolute atomic E-state index is 8.74. The van der Waals surface area contributed by atoms with Gasteiger partial charge in [0, 0.05) is 17.6 Å². The van der Waals surface area contributed by atoms with Gasteiger partial charge < -0.3 is 10.1 Å². The number of rotatable bonds is 6. The van der Waals surface area contributed by atoms with Gasteiger partial charge in [0.25, 0.3) is 0 Å². The second-order valence-electron chi connectivity index (χ2n) is 4.10. The van der Waals surface area contributed by atoms with Crippen LogP contribution in [0.25, 0.3) is 0 Å². The molecule has 0 saturated carbocycles. The van der Waals surface area contributed by atoms with Crippen molar-refractivity contribution in [1.82, 2.24) is 5.32 Å². The van der Waals surface area contributed by atoms with Crippen molar-refractivity contribution in [2.24, 2.45) is 0 Å². The Bertz CT molecular complexity index is 384. The molecule has 0 aliphatic carbocycles. The fourth-order valence-electron chi connectivity index (χ4n) is 1.90. The van der Waals surface area contributed by atoms with E-state index in [4.69, 9.17) is 10.00 Å². The number of para-hydroxylation sites is 1. The Morgan fingerprint density at radius 3 is 2.71 bits per heavy atom. The first-order chi connectivity index (χ1) is 8.22. The smallest absolute Gasteiger partial charge is 0.123 e. The van der Waals surface area contributed by atoms with Crippen molar-refractivity contribution < 1.29 is 4.74 Å². The largest absolute Gasteiger partial charge is 0.496 e. The van der Waals surface area contributed by atoms with Crippen LogP contribution >= 0.6 is 0 Å². The number of nitrogens with zero attached hydrogens (tertiary/aromatic N) is 1. The molecule has 17 heavy (non-hydrogen) atoms. The highest BCUT2D eigenvalue weighted by Gasteiger charge is 2.14. The van der Waals surface area contributed by atoms with E-state index in [9.17, 15) is 0 Å². The van der Waals surface area contributed by atoms with Crippen LogP contribution in [0.4, 0.5) is 0 Å². The Hall–Kier alpha value is -1.53. The molecule has 0 bridgehead atoms. The van der Waals surface area contributed by atoms with Crippen LogP contribution in [0.5, 0.6) is 5.75 Å². The van der Waals surface area contributed by atoms with Crippen LogP contribution in [-0.2, 0) is 0 Å². The number of methoxy groups -OCH3 is 1. The molecule has 0 amide bonds. The highest BCUT2D eigenvalue weighted by atomic mass is 16.5. The van der Waals surface area contributed by atoms with Gasteiger partial charge in [-0.05, 0) is 19.4 Å². The quantitative estimate of drug-likeness (QED) is 0.820. The molecule has 0 radical (unpaired) electrons. The van der Waals surface area contributed by atoms with E-state index < -0.39 is 0 Å². The number of nitrogens with one attached hydrogen (secondary N) is 1. The minimum absolute atomic E-state index is 0.185. The summed E-state index contributed by atoms with van der Waals surface area (Å²) >= 11 is 0. The van der Waals surface area contributed by atoms with Crippen molar-refractivity contribution in [3.63, 3.8) is 0 Å². The lowest BCUT2D eigenvalue weighted by Gasteiger charge is -2.22. The lowest BCUT2D eigenvalue weighted by Crippen LogP contribution is -2.30. The molecule has 0 aliphatic rings. The van der Waals surface area contributed by atoms with Gasteiger partial charge in [-0.2, -0.15) is 5.26 Å². The summed E-state index contributed by atoms with van der Waals surface area (Å²) in [6.07, 6.45) is 1.49. The molecule has 0 spiro atoms. The molecule has 92 valence electrons. The zero-order valence-corrected chi connectivity index (χ0v) is 10.7. The number of ether oxygens (including phenoxy) is 1. The van der Waals surface area contributed by atoms with Crippen molar-refractivity contribution in [1.29, 1.82) is 5.26 Å². The normalized spacial score (nSPS) is 13.8. The van der Waals surface area contributed by atoms with Gasteiger partial charge in [-0.1, -0.05) is 25.1 Å². The minimum Gasteiger partial charge on any atom is -0.496 e. The molecule has 0 aromatic heterocycles. The fraction of sp³-hybridized carbons (Fsp3) is 0.500. The van der Waals surface area contributed by atoms with E-state index in [0.717, 1.165) is 17.7 Å². The molecule has 0 saturated heterocycles. The summed E-state index contributed by atoms with van der Waals surface area (Å²) in [7, 11) is 1.68. The molecular formula is C14H20N2O. The monoisotopic (exact) mass is 232 g/mol. The van der Waals surface area contributed by atoms with E-state index in [0.29, 0.717) is 6.42 Å². The van der Waals surface area contributed by atoms with Gasteiger partial charge in [-0.25, -0.2) is 0 Å². The fourth-order valence-corrected chi connectivity index (χ4v) is 1.90. The van der Waals surface area contributed by atoms with Crippen molar-refractivity contribution >= 4 is 0 Å². The average molecular weight is 232 g/mol. The van der Waals surface area contributed by atoms with Crippen molar-refractivity contribution in [3.05, 3.63) is 29.8 Å². The average Bonchev–Trinajstić information content (AvgIpc) is 2.38. The molecule has 1 rings (SSSR count). The summed E-state index contributed by atoms with van der Waals surface area (Å²) in [6, 6.07) is 10.6.